The normalized spacial score (nSPS) is 13.4. The number of hydrogen-bond acceptors (Lipinski definition) is 5. The Bertz CT molecular complexity index is 1240. The molecule has 1 aliphatic rings. The number of carbonyl (C=O) groups is 1. The van der Waals surface area contributed by atoms with Crippen LogP contribution in [0.2, 0.25) is 5.02 Å². The van der Waals surface area contributed by atoms with Gasteiger partial charge in [0.2, 0.25) is 5.88 Å². The van der Waals surface area contributed by atoms with Gasteiger partial charge >= 0.3 is 6.61 Å². The van der Waals surface area contributed by atoms with Crippen molar-refractivity contribution >= 4 is 34.6 Å². The van der Waals surface area contributed by atoms with Gasteiger partial charge in [0.25, 0.3) is 5.91 Å². The van der Waals surface area contributed by atoms with E-state index in [2.05, 4.69) is 9.72 Å². The van der Waals surface area contributed by atoms with Crippen LogP contribution < -0.4 is 19.3 Å². The fourth-order valence-electron chi connectivity index (χ4n) is 3.79. The summed E-state index contributed by atoms with van der Waals surface area (Å²) in [6.45, 7) is 0.375. The Morgan fingerprint density at radius 1 is 1.03 bits per heavy atom. The molecule has 0 N–H and O–H groups in total. The molecule has 0 atom stereocenters. The molecule has 3 aromatic rings. The van der Waals surface area contributed by atoms with E-state index in [0.717, 1.165) is 0 Å². The summed E-state index contributed by atoms with van der Waals surface area (Å²) in [5, 5.41) is -0.135. The maximum atomic E-state index is 13.8. The van der Waals surface area contributed by atoms with Gasteiger partial charge in [-0.05, 0) is 49.7 Å². The molecule has 0 unspecified atom stereocenters. The summed E-state index contributed by atoms with van der Waals surface area (Å²) in [5.74, 6) is -0.695. The molecule has 1 amide bonds. The van der Waals surface area contributed by atoms with E-state index in [1.807, 2.05) is 0 Å². The number of ether oxygens (including phenoxy) is 2. The molecule has 0 bridgehead atoms. The second-order valence-corrected chi connectivity index (χ2v) is 7.78. The molecular formula is C23H19ClF3N3O3. The molecule has 0 fully saturated rings. The number of anilines is 3. The molecule has 0 saturated heterocycles. The zero-order valence-electron chi connectivity index (χ0n) is 17.9. The molecular weight excluding hydrogens is 459 g/mol. The topological polar surface area (TPSA) is 54.9 Å². The number of pyridine rings is 1. The minimum absolute atomic E-state index is 0.0168. The summed E-state index contributed by atoms with van der Waals surface area (Å²) >= 11 is 6.15. The van der Waals surface area contributed by atoms with Gasteiger partial charge in [-0.15, -0.1) is 0 Å². The third-order valence-corrected chi connectivity index (χ3v) is 5.59. The number of alkyl halides is 2. The molecule has 0 aliphatic carbocycles. The molecule has 10 heteroatoms. The summed E-state index contributed by atoms with van der Waals surface area (Å²) in [6, 6.07) is 10.1. The van der Waals surface area contributed by atoms with E-state index in [1.165, 1.54) is 36.3 Å². The van der Waals surface area contributed by atoms with E-state index >= 15 is 0 Å². The predicted octanol–water partition coefficient (Wildman–Crippen LogP) is 5.86. The number of benzene rings is 2. The minimum atomic E-state index is -3.09. The largest absolute Gasteiger partial charge is 0.481 e. The monoisotopic (exact) mass is 477 g/mol. The Morgan fingerprint density at radius 3 is 2.39 bits per heavy atom. The van der Waals surface area contributed by atoms with Gasteiger partial charge in [0, 0.05) is 17.8 Å². The van der Waals surface area contributed by atoms with Crippen LogP contribution in [0.25, 0.3) is 0 Å². The van der Waals surface area contributed by atoms with Crippen molar-refractivity contribution in [3.8, 4) is 11.6 Å². The third-order valence-electron chi connectivity index (χ3n) is 5.30. The van der Waals surface area contributed by atoms with Gasteiger partial charge in [0.1, 0.15) is 18.2 Å². The maximum Gasteiger partial charge on any atom is 0.387 e. The summed E-state index contributed by atoms with van der Waals surface area (Å²) in [7, 11) is 1.49. The average molecular weight is 478 g/mol. The lowest BCUT2D eigenvalue weighted by Gasteiger charge is -2.39. The molecule has 33 heavy (non-hydrogen) atoms. The second kappa shape index (κ2) is 8.82. The summed E-state index contributed by atoms with van der Waals surface area (Å²) in [4.78, 5) is 21.0. The first-order chi connectivity index (χ1) is 15.7. The molecule has 1 aromatic heterocycles. The van der Waals surface area contributed by atoms with Gasteiger partial charge in [-0.3, -0.25) is 9.69 Å². The third kappa shape index (κ3) is 4.28. The lowest BCUT2D eigenvalue weighted by molar-refractivity contribution is -0.0497. The SMILES string of the molecule is COc1ccc(N2CN(c3ccc(F)cc3C)c3cc(OC(F)F)c(Cl)cc3C2=O)c(C)n1. The number of aromatic nitrogens is 1. The number of hydrogen-bond donors (Lipinski definition) is 0. The number of carbonyl (C=O) groups excluding carboxylic acids is 1. The molecule has 0 spiro atoms. The zero-order chi connectivity index (χ0) is 23.9. The number of halogens is 4. The van der Waals surface area contributed by atoms with Crippen LogP contribution in [-0.4, -0.2) is 31.3 Å². The van der Waals surface area contributed by atoms with Crippen molar-refractivity contribution in [3.63, 3.8) is 0 Å². The van der Waals surface area contributed by atoms with Crippen LogP contribution in [-0.2, 0) is 0 Å². The highest BCUT2D eigenvalue weighted by atomic mass is 35.5. The predicted molar refractivity (Wildman–Crippen MR) is 119 cm³/mol. The van der Waals surface area contributed by atoms with E-state index in [1.54, 1.807) is 36.9 Å². The van der Waals surface area contributed by atoms with Crippen LogP contribution in [0.1, 0.15) is 21.6 Å². The number of rotatable bonds is 5. The highest BCUT2D eigenvalue weighted by Gasteiger charge is 2.34. The second-order valence-electron chi connectivity index (χ2n) is 7.37. The maximum absolute atomic E-state index is 13.8. The van der Waals surface area contributed by atoms with Gasteiger partial charge in [-0.1, -0.05) is 11.6 Å². The Kier molecular flexibility index (Phi) is 6.07. The summed E-state index contributed by atoms with van der Waals surface area (Å²) in [5.41, 5.74) is 2.73. The first-order valence-electron chi connectivity index (χ1n) is 9.85. The standard InChI is InChI=1S/C23H19ClF3N3O3/c1-12-8-14(25)4-5-17(12)29-11-30(18-6-7-21(32-3)28-13(18)2)22(31)15-9-16(24)20(10-19(15)29)33-23(26)27/h4-10,23H,11H2,1-3H3. The smallest absolute Gasteiger partial charge is 0.387 e. The van der Waals surface area contributed by atoms with Gasteiger partial charge in [-0.2, -0.15) is 8.78 Å². The quantitative estimate of drug-likeness (QED) is 0.461. The molecule has 172 valence electrons. The first-order valence-corrected chi connectivity index (χ1v) is 10.2. The van der Waals surface area contributed by atoms with Crippen molar-refractivity contribution < 1.29 is 27.4 Å². The van der Waals surface area contributed by atoms with E-state index in [-0.39, 0.29) is 23.0 Å². The highest BCUT2D eigenvalue weighted by Crippen LogP contribution is 2.42. The highest BCUT2D eigenvalue weighted by molar-refractivity contribution is 6.33. The molecule has 2 aromatic carbocycles. The van der Waals surface area contributed by atoms with Crippen molar-refractivity contribution in [2.75, 3.05) is 23.6 Å². The van der Waals surface area contributed by atoms with Crippen LogP contribution in [0, 0.1) is 19.7 Å². The lowest BCUT2D eigenvalue weighted by Crippen LogP contribution is -2.45. The van der Waals surface area contributed by atoms with E-state index in [0.29, 0.717) is 34.2 Å². The number of fused-ring (bicyclic) bond motifs is 1. The average Bonchev–Trinajstić information content (AvgIpc) is 2.75. The molecule has 2 heterocycles. The molecule has 0 saturated carbocycles. The minimum Gasteiger partial charge on any atom is -0.481 e. The Balaban J connectivity index is 1.89. The van der Waals surface area contributed by atoms with Crippen LogP contribution in [0.4, 0.5) is 30.2 Å². The van der Waals surface area contributed by atoms with Gasteiger partial charge in [0.05, 0.1) is 34.8 Å². The molecule has 6 nitrogen and oxygen atoms in total. The first kappa shape index (κ1) is 22.7. The van der Waals surface area contributed by atoms with Crippen LogP contribution in [0.5, 0.6) is 11.6 Å². The number of amides is 1. The van der Waals surface area contributed by atoms with Gasteiger partial charge in [-0.25, -0.2) is 9.37 Å². The van der Waals surface area contributed by atoms with Crippen molar-refractivity contribution in [3.05, 3.63) is 70.1 Å². The van der Waals surface area contributed by atoms with E-state index < -0.39 is 18.3 Å². The summed E-state index contributed by atoms with van der Waals surface area (Å²) < 4.78 is 49.3. The van der Waals surface area contributed by atoms with E-state index in [9.17, 15) is 18.0 Å². The van der Waals surface area contributed by atoms with Gasteiger partial charge in [0.15, 0.2) is 0 Å². The summed E-state index contributed by atoms with van der Waals surface area (Å²) in [6.07, 6.45) is 0. The fourth-order valence-corrected chi connectivity index (χ4v) is 4.00. The van der Waals surface area contributed by atoms with Crippen LogP contribution >= 0.6 is 11.6 Å². The number of aryl methyl sites for hydroxylation is 2. The Morgan fingerprint density at radius 2 is 1.76 bits per heavy atom. The molecule has 4 rings (SSSR count). The molecule has 0 radical (unpaired) electrons. The van der Waals surface area contributed by atoms with Crippen molar-refractivity contribution in [2.45, 2.75) is 20.5 Å². The Hall–Kier alpha value is -3.46. The van der Waals surface area contributed by atoms with E-state index in [4.69, 9.17) is 16.3 Å². The van der Waals surface area contributed by atoms with Crippen LogP contribution in [0.15, 0.2) is 42.5 Å². The fraction of sp³-hybridized carbons (Fsp3) is 0.217. The van der Waals surface area contributed by atoms with Crippen LogP contribution in [0.3, 0.4) is 0 Å². The van der Waals surface area contributed by atoms with Crippen molar-refractivity contribution in [2.24, 2.45) is 0 Å². The van der Waals surface area contributed by atoms with Gasteiger partial charge < -0.3 is 14.4 Å². The molecule has 1 aliphatic heterocycles. The lowest BCUT2D eigenvalue weighted by atomic mass is 10.0. The number of nitrogens with zero attached hydrogens (tertiary/aromatic N) is 3. The van der Waals surface area contributed by atoms with Crippen molar-refractivity contribution in [1.29, 1.82) is 0 Å². The Labute approximate surface area is 193 Å². The zero-order valence-corrected chi connectivity index (χ0v) is 18.7. The number of methoxy groups -OCH3 is 1. The van der Waals surface area contributed by atoms with Crippen molar-refractivity contribution in [1.82, 2.24) is 4.98 Å².